The molecule has 0 aliphatic carbocycles. The molecule has 0 spiro atoms. The van der Waals surface area contributed by atoms with Crippen molar-refractivity contribution in [1.82, 2.24) is 15.0 Å². The van der Waals surface area contributed by atoms with E-state index in [4.69, 9.17) is 4.52 Å². The van der Waals surface area contributed by atoms with Gasteiger partial charge in [0.25, 0.3) is 0 Å². The van der Waals surface area contributed by atoms with Crippen molar-refractivity contribution in [3.63, 3.8) is 0 Å². The van der Waals surface area contributed by atoms with E-state index in [1.165, 1.54) is 10.5 Å². The Kier molecular flexibility index (Phi) is 4.60. The minimum absolute atomic E-state index is 0.453. The summed E-state index contributed by atoms with van der Waals surface area (Å²) in [6.45, 7) is 5.09. The number of aryl methyl sites for hydroxylation is 1. The molecule has 1 aromatic carbocycles. The molecule has 2 aromatic rings. The minimum Gasteiger partial charge on any atom is -0.340 e. The molecule has 0 N–H and O–H groups in total. The van der Waals surface area contributed by atoms with Gasteiger partial charge in [-0.25, -0.2) is 0 Å². The van der Waals surface area contributed by atoms with Gasteiger partial charge in [-0.1, -0.05) is 23.4 Å². The van der Waals surface area contributed by atoms with Crippen LogP contribution in [0.3, 0.4) is 0 Å². The van der Waals surface area contributed by atoms with Gasteiger partial charge in [0.2, 0.25) is 5.89 Å². The number of hydrogen-bond donors (Lipinski definition) is 0. The fourth-order valence-corrected chi connectivity index (χ4v) is 3.51. The lowest BCUT2D eigenvalue weighted by atomic mass is 9.96. The molecule has 0 radical (unpaired) electrons. The van der Waals surface area contributed by atoms with Crippen LogP contribution in [0.1, 0.15) is 36.0 Å². The maximum absolute atomic E-state index is 5.09. The fraction of sp³-hybridized carbons (Fsp3) is 0.500. The number of nitrogens with zero attached hydrogens (tertiary/aromatic N) is 3. The number of thioether (sulfide) groups is 1. The fourth-order valence-electron chi connectivity index (χ4n) is 2.90. The van der Waals surface area contributed by atoms with Crippen molar-refractivity contribution in [2.24, 2.45) is 0 Å². The molecule has 4 nitrogen and oxygen atoms in total. The predicted octanol–water partition coefficient (Wildman–Crippen LogP) is 3.48. The van der Waals surface area contributed by atoms with E-state index in [1.54, 1.807) is 0 Å². The van der Waals surface area contributed by atoms with Crippen LogP contribution in [0.4, 0.5) is 0 Å². The molecule has 1 fully saturated rings. The van der Waals surface area contributed by atoms with Crippen LogP contribution in [-0.4, -0.2) is 34.4 Å². The van der Waals surface area contributed by atoms with Gasteiger partial charge in [-0.15, -0.1) is 11.8 Å². The number of benzene rings is 1. The summed E-state index contributed by atoms with van der Waals surface area (Å²) in [5.74, 6) is 2.01. The van der Waals surface area contributed by atoms with Gasteiger partial charge in [0.1, 0.15) is 0 Å². The molecule has 0 amide bonds. The summed E-state index contributed by atoms with van der Waals surface area (Å²) in [5.41, 5.74) is 1.43. The Balaban J connectivity index is 1.58. The van der Waals surface area contributed by atoms with Crippen LogP contribution in [0.25, 0.3) is 0 Å². The molecule has 0 bridgehead atoms. The Bertz CT molecular complexity index is 591. The van der Waals surface area contributed by atoms with Crippen LogP contribution in [0.5, 0.6) is 0 Å². The second-order valence-corrected chi connectivity index (χ2v) is 6.38. The van der Waals surface area contributed by atoms with Gasteiger partial charge in [0, 0.05) is 24.3 Å². The van der Waals surface area contributed by atoms with E-state index in [0.717, 1.165) is 38.3 Å². The van der Waals surface area contributed by atoms with Crippen LogP contribution in [-0.2, 0) is 6.54 Å². The van der Waals surface area contributed by atoms with Gasteiger partial charge in [0.05, 0.1) is 0 Å². The van der Waals surface area contributed by atoms with Crippen molar-refractivity contribution in [3.8, 4) is 0 Å². The van der Waals surface area contributed by atoms with Crippen molar-refractivity contribution in [3.05, 3.63) is 41.5 Å². The van der Waals surface area contributed by atoms with Gasteiger partial charge < -0.3 is 4.52 Å². The molecule has 0 unspecified atom stereocenters. The van der Waals surface area contributed by atoms with E-state index in [9.17, 15) is 0 Å². The molecule has 21 heavy (non-hydrogen) atoms. The summed E-state index contributed by atoms with van der Waals surface area (Å²) >= 11 is 1.83. The van der Waals surface area contributed by atoms with Crippen molar-refractivity contribution < 1.29 is 4.52 Å². The molecule has 1 aliphatic rings. The maximum Gasteiger partial charge on any atom is 0.223 e. The monoisotopic (exact) mass is 303 g/mol. The zero-order valence-corrected chi connectivity index (χ0v) is 13.4. The normalized spacial score (nSPS) is 17.2. The summed E-state index contributed by atoms with van der Waals surface area (Å²) in [5, 5.41) is 4.07. The van der Waals surface area contributed by atoms with Crippen LogP contribution >= 0.6 is 11.8 Å². The van der Waals surface area contributed by atoms with Gasteiger partial charge in [-0.3, -0.25) is 4.90 Å². The summed E-state index contributed by atoms with van der Waals surface area (Å²) in [6.07, 6.45) is 4.37. The first-order chi connectivity index (χ1) is 10.3. The number of hydrogen-bond acceptors (Lipinski definition) is 5. The highest BCUT2D eigenvalue weighted by molar-refractivity contribution is 7.98. The molecule has 1 aromatic heterocycles. The number of aromatic nitrogens is 2. The van der Waals surface area contributed by atoms with Crippen molar-refractivity contribution >= 4 is 11.8 Å². The Hall–Kier alpha value is -1.33. The standard InChI is InChI=1S/C16H21N3OS/c1-12-17-16(18-20-12)13-7-9-19(10-8-13)11-14-5-3-4-6-15(14)21-2/h3-6,13H,7-11H2,1-2H3. The van der Waals surface area contributed by atoms with Crippen LogP contribution in [0.2, 0.25) is 0 Å². The third-order valence-electron chi connectivity index (χ3n) is 4.08. The van der Waals surface area contributed by atoms with Crippen LogP contribution < -0.4 is 0 Å². The average molecular weight is 303 g/mol. The second kappa shape index (κ2) is 6.62. The van der Waals surface area contributed by atoms with Crippen LogP contribution in [0, 0.1) is 6.92 Å². The van der Waals surface area contributed by atoms with E-state index in [0.29, 0.717) is 11.8 Å². The highest BCUT2D eigenvalue weighted by Crippen LogP contribution is 2.28. The lowest BCUT2D eigenvalue weighted by Gasteiger charge is -2.30. The van der Waals surface area contributed by atoms with E-state index < -0.39 is 0 Å². The maximum atomic E-state index is 5.09. The smallest absolute Gasteiger partial charge is 0.223 e. The van der Waals surface area contributed by atoms with E-state index in [1.807, 2.05) is 18.7 Å². The Morgan fingerprint density at radius 1 is 1.29 bits per heavy atom. The molecule has 1 saturated heterocycles. The Labute approximate surface area is 129 Å². The molecule has 112 valence electrons. The van der Waals surface area contributed by atoms with E-state index in [2.05, 4.69) is 45.6 Å². The SMILES string of the molecule is CSc1ccccc1CN1CCC(c2noc(C)n2)CC1. The molecule has 5 heteroatoms. The zero-order chi connectivity index (χ0) is 14.7. The van der Waals surface area contributed by atoms with Crippen molar-refractivity contribution in [1.29, 1.82) is 0 Å². The topological polar surface area (TPSA) is 42.2 Å². The summed E-state index contributed by atoms with van der Waals surface area (Å²) in [6, 6.07) is 8.68. The van der Waals surface area contributed by atoms with Gasteiger partial charge >= 0.3 is 0 Å². The summed E-state index contributed by atoms with van der Waals surface area (Å²) < 4.78 is 5.09. The predicted molar refractivity (Wildman–Crippen MR) is 84.5 cm³/mol. The molecule has 3 rings (SSSR count). The van der Waals surface area contributed by atoms with E-state index >= 15 is 0 Å². The summed E-state index contributed by atoms with van der Waals surface area (Å²) in [4.78, 5) is 8.28. The molecular weight excluding hydrogens is 282 g/mol. The van der Waals surface area contributed by atoms with Gasteiger partial charge in [-0.05, 0) is 43.8 Å². The van der Waals surface area contributed by atoms with Crippen molar-refractivity contribution in [2.45, 2.75) is 37.1 Å². The quantitative estimate of drug-likeness (QED) is 0.809. The zero-order valence-electron chi connectivity index (χ0n) is 12.6. The van der Waals surface area contributed by atoms with Gasteiger partial charge in [0.15, 0.2) is 5.82 Å². The third kappa shape index (κ3) is 3.47. The van der Waals surface area contributed by atoms with E-state index in [-0.39, 0.29) is 0 Å². The minimum atomic E-state index is 0.453. The molecule has 0 saturated carbocycles. The molecule has 1 aliphatic heterocycles. The first-order valence-corrected chi connectivity index (χ1v) is 8.63. The lowest BCUT2D eigenvalue weighted by Crippen LogP contribution is -2.32. The Morgan fingerprint density at radius 3 is 2.71 bits per heavy atom. The first kappa shape index (κ1) is 14.6. The molecular formula is C16H21N3OS. The molecule has 0 atom stereocenters. The lowest BCUT2D eigenvalue weighted by molar-refractivity contribution is 0.199. The third-order valence-corrected chi connectivity index (χ3v) is 4.92. The Morgan fingerprint density at radius 2 is 2.05 bits per heavy atom. The number of piperidine rings is 1. The van der Waals surface area contributed by atoms with Crippen molar-refractivity contribution in [2.75, 3.05) is 19.3 Å². The average Bonchev–Trinajstić information content (AvgIpc) is 2.95. The molecule has 2 heterocycles. The first-order valence-electron chi connectivity index (χ1n) is 7.40. The highest BCUT2D eigenvalue weighted by atomic mass is 32.2. The largest absolute Gasteiger partial charge is 0.340 e. The second-order valence-electron chi connectivity index (χ2n) is 5.53. The van der Waals surface area contributed by atoms with Gasteiger partial charge in [-0.2, -0.15) is 4.98 Å². The number of rotatable bonds is 4. The summed E-state index contributed by atoms with van der Waals surface area (Å²) in [7, 11) is 0. The number of likely N-dealkylation sites (tertiary alicyclic amines) is 1. The highest BCUT2D eigenvalue weighted by Gasteiger charge is 2.24. The van der Waals surface area contributed by atoms with Crippen LogP contribution in [0.15, 0.2) is 33.7 Å².